The smallest absolute Gasteiger partial charge is 0.242 e. The lowest BCUT2D eigenvalue weighted by atomic mass is 10.2. The number of nitrogens with one attached hydrogen (secondary N) is 1. The lowest BCUT2D eigenvalue weighted by Gasteiger charge is -2.19. The maximum atomic E-state index is 5.99. The minimum Gasteiger partial charge on any atom is -0.544 e. The Bertz CT molecular complexity index is 442. The highest BCUT2D eigenvalue weighted by atomic mass is 28.4. The van der Waals surface area contributed by atoms with E-state index in [1.54, 1.807) is 0 Å². The molecular formula is C11H15NOSi. The van der Waals surface area contributed by atoms with Crippen molar-refractivity contribution in [2.75, 3.05) is 0 Å². The van der Waals surface area contributed by atoms with Gasteiger partial charge in [0.1, 0.15) is 5.75 Å². The van der Waals surface area contributed by atoms with Crippen LogP contribution in [-0.4, -0.2) is 13.3 Å². The summed E-state index contributed by atoms with van der Waals surface area (Å²) in [4.78, 5) is 3.18. The Hall–Kier alpha value is -1.22. The van der Waals surface area contributed by atoms with E-state index in [-0.39, 0.29) is 0 Å². The molecule has 0 aliphatic carbocycles. The second-order valence-electron chi connectivity index (χ2n) is 4.41. The Kier molecular flexibility index (Phi) is 2.11. The third kappa shape index (κ3) is 1.82. The zero-order chi connectivity index (χ0) is 10.2. The van der Waals surface area contributed by atoms with Crippen LogP contribution in [-0.2, 0) is 0 Å². The van der Waals surface area contributed by atoms with Crippen LogP contribution >= 0.6 is 0 Å². The molecule has 2 aromatic rings. The van der Waals surface area contributed by atoms with Crippen molar-refractivity contribution < 1.29 is 4.43 Å². The molecule has 0 atom stereocenters. The van der Waals surface area contributed by atoms with Crippen LogP contribution in [0.2, 0.25) is 19.6 Å². The summed E-state index contributed by atoms with van der Waals surface area (Å²) in [6.07, 6.45) is 1.95. The molecule has 0 aliphatic rings. The van der Waals surface area contributed by atoms with Crippen LogP contribution in [0, 0.1) is 0 Å². The van der Waals surface area contributed by atoms with Gasteiger partial charge in [0, 0.05) is 17.1 Å². The Morgan fingerprint density at radius 3 is 2.64 bits per heavy atom. The number of aromatic nitrogens is 1. The van der Waals surface area contributed by atoms with Crippen molar-refractivity contribution in [3.05, 3.63) is 30.5 Å². The summed E-state index contributed by atoms with van der Waals surface area (Å²) in [6.45, 7) is 6.58. The molecule has 0 spiro atoms. The van der Waals surface area contributed by atoms with E-state index in [1.807, 2.05) is 18.3 Å². The van der Waals surface area contributed by atoms with Gasteiger partial charge in [-0.1, -0.05) is 6.07 Å². The first-order valence-corrected chi connectivity index (χ1v) is 8.22. The number of aromatic amines is 1. The highest BCUT2D eigenvalue weighted by Crippen LogP contribution is 2.26. The van der Waals surface area contributed by atoms with Crippen LogP contribution in [0.15, 0.2) is 30.5 Å². The maximum Gasteiger partial charge on any atom is 0.242 e. The monoisotopic (exact) mass is 205 g/mol. The Morgan fingerprint density at radius 2 is 1.93 bits per heavy atom. The minimum atomic E-state index is -1.50. The highest BCUT2D eigenvalue weighted by Gasteiger charge is 2.17. The van der Waals surface area contributed by atoms with Gasteiger partial charge in [0.15, 0.2) is 0 Å². The van der Waals surface area contributed by atoms with Crippen LogP contribution in [0.3, 0.4) is 0 Å². The molecule has 0 saturated carbocycles. The van der Waals surface area contributed by atoms with Crippen LogP contribution in [0.1, 0.15) is 0 Å². The van der Waals surface area contributed by atoms with E-state index in [0.29, 0.717) is 0 Å². The molecule has 0 unspecified atom stereocenters. The predicted molar refractivity (Wildman–Crippen MR) is 62.3 cm³/mol. The number of benzene rings is 1. The standard InChI is InChI=1S/C11H15NOSi/c1-14(2,3)13-11-6-4-5-10-9(11)7-8-12-10/h4-8,12H,1-3H3. The number of fused-ring (bicyclic) bond motifs is 1. The number of hydrogen-bond donors (Lipinski definition) is 1. The fraction of sp³-hybridized carbons (Fsp3) is 0.273. The predicted octanol–water partition coefficient (Wildman–Crippen LogP) is 3.38. The Morgan fingerprint density at radius 1 is 1.14 bits per heavy atom. The third-order valence-electron chi connectivity index (χ3n) is 1.97. The molecule has 1 aromatic carbocycles. The average Bonchev–Trinajstić information content (AvgIpc) is 2.49. The van der Waals surface area contributed by atoms with Crippen LogP contribution < -0.4 is 4.43 Å². The van der Waals surface area contributed by atoms with Crippen LogP contribution in [0.25, 0.3) is 10.9 Å². The van der Waals surface area contributed by atoms with Gasteiger partial charge in [-0.3, -0.25) is 0 Å². The first-order chi connectivity index (χ1) is 6.56. The molecule has 3 heteroatoms. The van der Waals surface area contributed by atoms with Gasteiger partial charge in [-0.05, 0) is 37.8 Å². The van der Waals surface area contributed by atoms with Gasteiger partial charge in [-0.2, -0.15) is 0 Å². The van der Waals surface area contributed by atoms with Gasteiger partial charge >= 0.3 is 0 Å². The molecule has 2 nitrogen and oxygen atoms in total. The molecule has 2 rings (SSSR count). The van der Waals surface area contributed by atoms with Crippen LogP contribution in [0.5, 0.6) is 5.75 Å². The molecule has 1 aromatic heterocycles. The quantitative estimate of drug-likeness (QED) is 0.747. The molecule has 74 valence electrons. The third-order valence-corrected chi connectivity index (χ3v) is 2.80. The molecule has 0 amide bonds. The van der Waals surface area contributed by atoms with Crippen molar-refractivity contribution in [3.63, 3.8) is 0 Å². The summed E-state index contributed by atoms with van der Waals surface area (Å²) >= 11 is 0. The van der Waals surface area contributed by atoms with Crippen molar-refractivity contribution in [1.82, 2.24) is 4.98 Å². The van der Waals surface area contributed by atoms with E-state index in [2.05, 4.69) is 36.8 Å². The molecule has 0 radical (unpaired) electrons. The lowest BCUT2D eigenvalue weighted by Crippen LogP contribution is -2.29. The normalized spacial score (nSPS) is 11.9. The second kappa shape index (κ2) is 3.17. The largest absolute Gasteiger partial charge is 0.544 e. The summed E-state index contributed by atoms with van der Waals surface area (Å²) in [5, 5.41) is 1.18. The van der Waals surface area contributed by atoms with Crippen molar-refractivity contribution in [1.29, 1.82) is 0 Å². The molecule has 0 bridgehead atoms. The maximum absolute atomic E-state index is 5.99. The summed E-state index contributed by atoms with van der Waals surface area (Å²) in [6, 6.07) is 8.18. The fourth-order valence-electron chi connectivity index (χ4n) is 1.48. The minimum absolute atomic E-state index is 1.00. The SMILES string of the molecule is C[Si](C)(C)Oc1cccc2[nH]ccc12. The van der Waals surface area contributed by atoms with E-state index in [0.717, 1.165) is 11.3 Å². The number of H-pyrrole nitrogens is 1. The molecule has 1 N–H and O–H groups in total. The zero-order valence-electron chi connectivity index (χ0n) is 8.79. The average molecular weight is 205 g/mol. The first kappa shape index (κ1) is 9.34. The molecule has 14 heavy (non-hydrogen) atoms. The summed E-state index contributed by atoms with van der Waals surface area (Å²) in [5.74, 6) is 1.00. The van der Waals surface area contributed by atoms with E-state index in [9.17, 15) is 0 Å². The van der Waals surface area contributed by atoms with Crippen molar-refractivity contribution in [2.24, 2.45) is 0 Å². The van der Waals surface area contributed by atoms with Gasteiger partial charge < -0.3 is 9.41 Å². The Labute approximate surface area is 85.0 Å². The van der Waals surface area contributed by atoms with Gasteiger partial charge in [0.25, 0.3) is 0 Å². The lowest BCUT2D eigenvalue weighted by molar-refractivity contribution is 0.564. The van der Waals surface area contributed by atoms with Crippen LogP contribution in [0.4, 0.5) is 0 Å². The number of hydrogen-bond acceptors (Lipinski definition) is 1. The van der Waals surface area contributed by atoms with E-state index in [4.69, 9.17) is 4.43 Å². The first-order valence-electron chi connectivity index (χ1n) is 4.81. The molecule has 1 heterocycles. The van der Waals surface area contributed by atoms with E-state index < -0.39 is 8.32 Å². The van der Waals surface area contributed by atoms with Gasteiger partial charge in [0.05, 0.1) is 0 Å². The van der Waals surface area contributed by atoms with Gasteiger partial charge in [0.2, 0.25) is 8.32 Å². The summed E-state index contributed by atoms with van der Waals surface area (Å²) in [5.41, 5.74) is 1.14. The highest BCUT2D eigenvalue weighted by molar-refractivity contribution is 6.70. The molecular weight excluding hydrogens is 190 g/mol. The van der Waals surface area contributed by atoms with Crippen molar-refractivity contribution >= 4 is 19.2 Å². The molecule has 0 fully saturated rings. The zero-order valence-corrected chi connectivity index (χ0v) is 9.79. The van der Waals surface area contributed by atoms with E-state index >= 15 is 0 Å². The number of rotatable bonds is 2. The summed E-state index contributed by atoms with van der Waals surface area (Å²) in [7, 11) is -1.50. The summed E-state index contributed by atoms with van der Waals surface area (Å²) < 4.78 is 5.99. The Balaban J connectivity index is 2.46. The molecule has 0 aliphatic heterocycles. The van der Waals surface area contributed by atoms with Gasteiger partial charge in [-0.15, -0.1) is 0 Å². The molecule has 0 saturated heterocycles. The van der Waals surface area contributed by atoms with Gasteiger partial charge in [-0.25, -0.2) is 0 Å². The van der Waals surface area contributed by atoms with Crippen molar-refractivity contribution in [3.8, 4) is 5.75 Å². The topological polar surface area (TPSA) is 25.0 Å². The van der Waals surface area contributed by atoms with Crippen molar-refractivity contribution in [2.45, 2.75) is 19.6 Å². The second-order valence-corrected chi connectivity index (χ2v) is 8.84. The van der Waals surface area contributed by atoms with E-state index in [1.165, 1.54) is 5.39 Å². The fourth-order valence-corrected chi connectivity index (χ4v) is 2.31.